The third-order valence-corrected chi connectivity index (χ3v) is 2.45. The van der Waals surface area contributed by atoms with Gasteiger partial charge in [0.25, 0.3) is 5.91 Å². The van der Waals surface area contributed by atoms with Gasteiger partial charge in [-0.05, 0) is 18.2 Å². The summed E-state index contributed by atoms with van der Waals surface area (Å²) < 4.78 is 0. The van der Waals surface area contributed by atoms with Crippen LogP contribution in [-0.2, 0) is 9.59 Å². The van der Waals surface area contributed by atoms with Crippen LogP contribution in [0.2, 0.25) is 0 Å². The van der Waals surface area contributed by atoms with Gasteiger partial charge >= 0.3 is 5.69 Å². The summed E-state index contributed by atoms with van der Waals surface area (Å²) >= 11 is 0. The zero-order chi connectivity index (χ0) is 14.0. The Hall–Kier alpha value is -2.90. The number of rotatable bonds is 3. The molecule has 1 amide bonds. The van der Waals surface area contributed by atoms with Gasteiger partial charge in [-0.1, -0.05) is 0 Å². The van der Waals surface area contributed by atoms with Crippen LogP contribution in [-0.4, -0.2) is 27.4 Å². The summed E-state index contributed by atoms with van der Waals surface area (Å²) in [5, 5.41) is 5.61. The molecule has 2 rings (SSSR count). The Morgan fingerprint density at radius 1 is 1.26 bits per heavy atom. The van der Waals surface area contributed by atoms with Crippen molar-refractivity contribution in [1.29, 1.82) is 0 Å². The first kappa shape index (κ1) is 12.6. The van der Waals surface area contributed by atoms with Gasteiger partial charge in [0.2, 0.25) is 0 Å². The van der Waals surface area contributed by atoms with Crippen LogP contribution >= 0.6 is 0 Å². The molecule has 1 aromatic carbocycles. The van der Waals surface area contributed by atoms with Gasteiger partial charge in [0.1, 0.15) is 0 Å². The van der Waals surface area contributed by atoms with Gasteiger partial charge < -0.3 is 21.1 Å². The first-order chi connectivity index (χ1) is 9.01. The summed E-state index contributed by atoms with van der Waals surface area (Å²) in [4.78, 5) is 39.0. The highest BCUT2D eigenvalue weighted by molar-refractivity contribution is 6.67. The highest BCUT2D eigenvalue weighted by atomic mass is 16.2. The van der Waals surface area contributed by atoms with Gasteiger partial charge in [-0.15, -0.1) is 0 Å². The highest BCUT2D eigenvalue weighted by Crippen LogP contribution is 2.14. The number of amides is 1. The van der Waals surface area contributed by atoms with E-state index >= 15 is 0 Å². The van der Waals surface area contributed by atoms with Crippen LogP contribution in [0.1, 0.15) is 6.92 Å². The number of carbonyl (C=O) groups excluding carboxylic acids is 2. The van der Waals surface area contributed by atoms with Crippen molar-refractivity contribution in [1.82, 2.24) is 9.97 Å². The fourth-order valence-corrected chi connectivity index (χ4v) is 1.61. The zero-order valence-electron chi connectivity index (χ0n) is 9.98. The summed E-state index contributed by atoms with van der Waals surface area (Å²) in [6, 6.07) is 4.76. The van der Waals surface area contributed by atoms with Gasteiger partial charge in [0, 0.05) is 12.6 Å². The first-order valence-electron chi connectivity index (χ1n) is 5.33. The van der Waals surface area contributed by atoms with E-state index in [1.807, 2.05) is 0 Å². The Morgan fingerprint density at radius 3 is 2.58 bits per heavy atom. The molecule has 0 unspecified atom stereocenters. The zero-order valence-corrected chi connectivity index (χ0v) is 9.98. The Morgan fingerprint density at radius 2 is 1.95 bits per heavy atom. The van der Waals surface area contributed by atoms with Crippen molar-refractivity contribution in [3.8, 4) is 0 Å². The Labute approximate surface area is 106 Å². The van der Waals surface area contributed by atoms with E-state index in [-0.39, 0.29) is 11.4 Å². The van der Waals surface area contributed by atoms with Crippen LogP contribution in [0.5, 0.6) is 0 Å². The van der Waals surface area contributed by atoms with E-state index in [0.29, 0.717) is 16.7 Å². The quantitative estimate of drug-likeness (QED) is 0.261. The maximum atomic E-state index is 11.7. The largest absolute Gasteiger partial charge is 0.323 e. The molecule has 8 heteroatoms. The minimum absolute atomic E-state index is 0.341. The Kier molecular flexibility index (Phi) is 3.15. The van der Waals surface area contributed by atoms with Crippen molar-refractivity contribution in [2.75, 3.05) is 5.32 Å². The molecule has 5 N–H and O–H groups in total. The first-order valence-corrected chi connectivity index (χ1v) is 5.33. The number of nitrogens with zero attached hydrogens (tertiary/aromatic N) is 1. The average Bonchev–Trinajstić information content (AvgIpc) is 2.68. The number of H-pyrrole nitrogens is 2. The van der Waals surface area contributed by atoms with Crippen molar-refractivity contribution in [2.45, 2.75) is 6.92 Å². The van der Waals surface area contributed by atoms with E-state index < -0.39 is 11.7 Å². The van der Waals surface area contributed by atoms with Crippen molar-refractivity contribution in [3.63, 3.8) is 0 Å². The molecule has 0 saturated heterocycles. The fourth-order valence-electron chi connectivity index (χ4n) is 1.61. The lowest BCUT2D eigenvalue weighted by Gasteiger charge is -2.04. The minimum Gasteiger partial charge on any atom is -0.322 e. The van der Waals surface area contributed by atoms with Crippen LogP contribution in [0.4, 0.5) is 5.69 Å². The molecule has 1 heterocycles. The number of benzene rings is 1. The van der Waals surface area contributed by atoms with Gasteiger partial charge in [-0.25, -0.2) is 4.79 Å². The number of nitrogens with one attached hydrogen (secondary N) is 3. The van der Waals surface area contributed by atoms with Crippen LogP contribution in [0.15, 0.2) is 28.1 Å². The number of ketones is 1. The molecule has 0 spiro atoms. The van der Waals surface area contributed by atoms with Crippen LogP contribution in [0.3, 0.4) is 0 Å². The van der Waals surface area contributed by atoms with Crippen LogP contribution in [0, 0.1) is 0 Å². The molecular weight excluding hydrogens is 250 g/mol. The van der Waals surface area contributed by atoms with Crippen molar-refractivity contribution in [3.05, 3.63) is 28.7 Å². The number of anilines is 1. The van der Waals surface area contributed by atoms with E-state index in [1.54, 1.807) is 18.2 Å². The number of aromatic nitrogens is 2. The van der Waals surface area contributed by atoms with E-state index in [4.69, 9.17) is 5.84 Å². The van der Waals surface area contributed by atoms with E-state index in [0.717, 1.165) is 0 Å². The lowest BCUT2D eigenvalue weighted by atomic mass is 10.2. The van der Waals surface area contributed by atoms with Gasteiger partial charge in [0.05, 0.1) is 11.0 Å². The standard InChI is InChI=1S/C11H11N5O3/c1-5(17)9(16-12)10(18)13-6-2-3-7-8(4-6)15-11(19)14-7/h2-4H,12H2,1H3,(H,13,18)(H2,14,15,19)/b16-9-. The summed E-state index contributed by atoms with van der Waals surface area (Å²) in [5.74, 6) is 3.74. The number of nitrogens with two attached hydrogens (primary N) is 1. The second kappa shape index (κ2) is 4.77. The number of Topliss-reactive ketones (excluding diaryl/α,β-unsaturated/α-hetero) is 1. The SMILES string of the molecule is CC(=O)/C(=N/N)C(=O)Nc1ccc2[nH]c(=O)[nH]c2c1. The summed E-state index contributed by atoms with van der Waals surface area (Å²) in [7, 11) is 0. The number of hydrogen-bond donors (Lipinski definition) is 4. The molecule has 1 aromatic heterocycles. The molecule has 0 aliphatic rings. The van der Waals surface area contributed by atoms with Crippen molar-refractivity contribution < 1.29 is 9.59 Å². The van der Waals surface area contributed by atoms with Gasteiger partial charge in [0.15, 0.2) is 11.5 Å². The lowest BCUT2D eigenvalue weighted by molar-refractivity contribution is -0.114. The number of hydrazone groups is 1. The molecule has 19 heavy (non-hydrogen) atoms. The number of carbonyl (C=O) groups is 2. The Bertz CT molecular complexity index is 740. The predicted molar refractivity (Wildman–Crippen MR) is 69.9 cm³/mol. The number of imidazole rings is 1. The third kappa shape index (κ3) is 2.51. The summed E-state index contributed by atoms with van der Waals surface area (Å²) in [5.41, 5.74) is 0.850. The van der Waals surface area contributed by atoms with E-state index in [2.05, 4.69) is 20.4 Å². The maximum Gasteiger partial charge on any atom is 0.323 e. The molecule has 0 fully saturated rings. The predicted octanol–water partition coefficient (Wildman–Crippen LogP) is -0.302. The second-order valence-corrected chi connectivity index (χ2v) is 3.83. The van der Waals surface area contributed by atoms with Crippen molar-refractivity contribution >= 4 is 34.1 Å². The fraction of sp³-hybridized carbons (Fsp3) is 0.0909. The highest BCUT2D eigenvalue weighted by Gasteiger charge is 2.16. The average molecular weight is 261 g/mol. The molecule has 0 aliphatic carbocycles. The Balaban J connectivity index is 2.28. The molecule has 0 saturated carbocycles. The van der Waals surface area contributed by atoms with Crippen LogP contribution in [0.25, 0.3) is 11.0 Å². The molecule has 0 aliphatic heterocycles. The molecule has 8 nitrogen and oxygen atoms in total. The third-order valence-electron chi connectivity index (χ3n) is 2.45. The molecule has 0 atom stereocenters. The molecular formula is C11H11N5O3. The molecule has 2 aromatic rings. The van der Waals surface area contributed by atoms with Gasteiger partial charge in [-0.3, -0.25) is 9.59 Å². The summed E-state index contributed by atoms with van der Waals surface area (Å²) in [6.07, 6.45) is 0. The lowest BCUT2D eigenvalue weighted by Crippen LogP contribution is -2.29. The van der Waals surface area contributed by atoms with Crippen LogP contribution < -0.4 is 16.8 Å². The molecule has 98 valence electrons. The molecule has 0 bridgehead atoms. The maximum absolute atomic E-state index is 11.7. The smallest absolute Gasteiger partial charge is 0.322 e. The second-order valence-electron chi connectivity index (χ2n) is 3.83. The van der Waals surface area contributed by atoms with Gasteiger partial charge in [-0.2, -0.15) is 5.10 Å². The van der Waals surface area contributed by atoms with E-state index in [1.165, 1.54) is 6.92 Å². The van der Waals surface area contributed by atoms with E-state index in [9.17, 15) is 14.4 Å². The molecule has 0 radical (unpaired) electrons. The topological polar surface area (TPSA) is 133 Å². The minimum atomic E-state index is -0.702. The monoisotopic (exact) mass is 261 g/mol. The number of fused-ring (bicyclic) bond motifs is 1. The summed E-state index contributed by atoms with van der Waals surface area (Å²) in [6.45, 7) is 1.19. The number of hydrogen-bond acceptors (Lipinski definition) is 5. The van der Waals surface area contributed by atoms with Crippen molar-refractivity contribution in [2.24, 2.45) is 10.9 Å². The normalized spacial score (nSPS) is 11.5. The number of aromatic amines is 2.